The van der Waals surface area contributed by atoms with E-state index in [1.54, 1.807) is 0 Å². The minimum atomic E-state index is 0.860. The first-order valence-corrected chi connectivity index (χ1v) is 25.7. The van der Waals surface area contributed by atoms with Crippen LogP contribution in [0.3, 0.4) is 0 Å². The third-order valence-corrected chi connectivity index (χ3v) is 16.2. The lowest BCUT2D eigenvalue weighted by Gasteiger charge is -2.18. The minimum absolute atomic E-state index is 0.860. The molecule has 14 aromatic carbocycles. The molecule has 3 heteroatoms. The Hall–Kier alpha value is -9.96. The molecule has 17 aromatic rings. The van der Waals surface area contributed by atoms with Crippen molar-refractivity contribution in [3.05, 3.63) is 243 Å². The van der Waals surface area contributed by atoms with Crippen molar-refractivity contribution in [3.8, 4) is 44.5 Å². The van der Waals surface area contributed by atoms with E-state index in [9.17, 15) is 0 Å². The smallest absolute Gasteiger partial charge is 0.143 e. The molecule has 3 aromatic heterocycles. The molecule has 0 atom stereocenters. The zero-order valence-corrected chi connectivity index (χ0v) is 40.3. The van der Waals surface area contributed by atoms with Gasteiger partial charge in [0.25, 0.3) is 0 Å². The van der Waals surface area contributed by atoms with E-state index in [4.69, 9.17) is 13.3 Å². The molecule has 17 rings (SSSR count). The van der Waals surface area contributed by atoms with Crippen molar-refractivity contribution >= 4 is 130 Å². The van der Waals surface area contributed by atoms with Crippen molar-refractivity contribution in [1.82, 2.24) is 0 Å². The fourth-order valence-electron chi connectivity index (χ4n) is 12.9. The van der Waals surface area contributed by atoms with Gasteiger partial charge in [0.2, 0.25) is 0 Å². The Bertz CT molecular complexity index is 5200. The fourth-order valence-corrected chi connectivity index (χ4v) is 12.9. The van der Waals surface area contributed by atoms with Crippen LogP contribution in [0.5, 0.6) is 0 Å². The summed E-state index contributed by atoms with van der Waals surface area (Å²) < 4.78 is 20.0. The molecule has 0 N–H and O–H groups in total. The third kappa shape index (κ3) is 5.86. The third-order valence-electron chi connectivity index (χ3n) is 16.2. The predicted octanol–water partition coefficient (Wildman–Crippen LogP) is 21.0. The van der Waals surface area contributed by atoms with Crippen molar-refractivity contribution in [2.24, 2.45) is 0 Å². The van der Waals surface area contributed by atoms with Crippen molar-refractivity contribution in [3.63, 3.8) is 0 Å². The second-order valence-electron chi connectivity index (χ2n) is 20.2. The second-order valence-corrected chi connectivity index (χ2v) is 20.2. The highest BCUT2D eigenvalue weighted by molar-refractivity contribution is 6.27. The van der Waals surface area contributed by atoms with Crippen LogP contribution in [0.2, 0.25) is 0 Å². The minimum Gasteiger partial charge on any atom is -0.456 e. The monoisotopic (exact) mass is 952 g/mol. The Morgan fingerprint density at radius 2 is 0.493 bits per heavy atom. The van der Waals surface area contributed by atoms with Crippen LogP contribution in [0.1, 0.15) is 0 Å². The summed E-state index contributed by atoms with van der Waals surface area (Å²) in [6, 6.07) is 88.2. The van der Waals surface area contributed by atoms with Crippen molar-refractivity contribution in [1.29, 1.82) is 0 Å². The Morgan fingerprint density at radius 3 is 0.893 bits per heavy atom. The number of benzene rings is 14. The molecule has 0 saturated carbocycles. The number of hydrogen-bond acceptors (Lipinski definition) is 3. The SMILES string of the molecule is c1ccc2cc3c(cc2c1)oc1ccc(-c2c4ccccc4c(-c4ccc5oc6c(-c7c8ccccc8c(-c8ccc9oc%10cc%11ccccc%11cc%10c9c8)c8ccccc78)cccc6c5c4)c4ccccc24)cc13. The standard InChI is InChI=1S/C72H40O3/c1-3-16-43-39-66-61(34-41(43)14-1)59-37-46(28-31-63(59)73-66)69-50-20-7-5-18-48(50)68(49-19-6-8-21-51(49)69)45-30-33-65-58(36-45)56-26-13-27-57(72(56)75-65)71-54-24-11-9-22-52(54)70(53-23-10-12-25-55(53)71)47-29-32-64-60(38-47)62-35-42-15-2-4-17-44(42)40-67(62)74-64/h1-40H. The molecule has 75 heavy (non-hydrogen) atoms. The van der Waals surface area contributed by atoms with E-state index in [0.29, 0.717) is 0 Å². The van der Waals surface area contributed by atoms with Crippen LogP contribution >= 0.6 is 0 Å². The normalized spacial score (nSPS) is 12.3. The molecule has 0 aliphatic heterocycles. The predicted molar refractivity (Wildman–Crippen MR) is 315 cm³/mol. The van der Waals surface area contributed by atoms with Gasteiger partial charge in [0.15, 0.2) is 0 Å². The molecular formula is C72H40O3. The summed E-state index contributed by atoms with van der Waals surface area (Å²) in [6.07, 6.45) is 0. The van der Waals surface area contributed by atoms with Gasteiger partial charge in [0.1, 0.15) is 33.5 Å². The average molecular weight is 953 g/mol. The van der Waals surface area contributed by atoms with Crippen LogP contribution in [0, 0.1) is 0 Å². The average Bonchev–Trinajstić information content (AvgIpc) is 4.15. The maximum absolute atomic E-state index is 7.07. The van der Waals surface area contributed by atoms with Gasteiger partial charge in [0.05, 0.1) is 0 Å². The number of furan rings is 3. The number of hydrogen-bond donors (Lipinski definition) is 0. The zero-order chi connectivity index (χ0) is 48.9. The molecule has 0 fully saturated rings. The van der Waals surface area contributed by atoms with E-state index < -0.39 is 0 Å². The van der Waals surface area contributed by atoms with E-state index >= 15 is 0 Å². The van der Waals surface area contributed by atoms with Crippen LogP contribution in [0.4, 0.5) is 0 Å². The van der Waals surface area contributed by atoms with Crippen LogP contribution < -0.4 is 0 Å². The summed E-state index contributed by atoms with van der Waals surface area (Å²) in [6.45, 7) is 0. The fraction of sp³-hybridized carbons (Fsp3) is 0. The Labute approximate surface area is 428 Å². The first-order valence-electron chi connectivity index (χ1n) is 25.7. The van der Waals surface area contributed by atoms with Gasteiger partial charge in [-0.05, 0) is 159 Å². The second kappa shape index (κ2) is 15.3. The highest BCUT2D eigenvalue weighted by Crippen LogP contribution is 2.50. The largest absolute Gasteiger partial charge is 0.456 e. The van der Waals surface area contributed by atoms with Gasteiger partial charge < -0.3 is 13.3 Å². The molecule has 0 bridgehead atoms. The molecule has 3 nitrogen and oxygen atoms in total. The highest BCUT2D eigenvalue weighted by Gasteiger charge is 2.23. The van der Waals surface area contributed by atoms with Crippen LogP contribution in [0.25, 0.3) is 175 Å². The molecule has 0 aliphatic rings. The maximum atomic E-state index is 7.07. The molecule has 0 radical (unpaired) electrons. The number of para-hydroxylation sites is 1. The quantitative estimate of drug-likeness (QED) is 0.165. The Kier molecular flexibility index (Phi) is 8.28. The van der Waals surface area contributed by atoms with E-state index in [0.717, 1.165) is 88.1 Å². The molecule has 0 saturated heterocycles. The first kappa shape index (κ1) is 40.6. The topological polar surface area (TPSA) is 39.4 Å². The molecular weight excluding hydrogens is 913 g/mol. The van der Waals surface area contributed by atoms with Crippen molar-refractivity contribution in [2.75, 3.05) is 0 Å². The lowest BCUT2D eigenvalue weighted by atomic mass is 9.85. The van der Waals surface area contributed by atoms with Crippen LogP contribution in [-0.4, -0.2) is 0 Å². The number of rotatable bonds is 4. The van der Waals surface area contributed by atoms with Crippen LogP contribution in [0.15, 0.2) is 256 Å². The van der Waals surface area contributed by atoms with E-state index in [2.05, 4.69) is 243 Å². The van der Waals surface area contributed by atoms with Gasteiger partial charge in [-0.25, -0.2) is 0 Å². The highest BCUT2D eigenvalue weighted by atomic mass is 16.3. The Balaban J connectivity index is 0.843. The van der Waals surface area contributed by atoms with E-state index in [1.165, 1.54) is 86.9 Å². The molecule has 3 heterocycles. The molecule has 346 valence electrons. The van der Waals surface area contributed by atoms with E-state index in [1.807, 2.05) is 0 Å². The van der Waals surface area contributed by atoms with Gasteiger partial charge in [-0.2, -0.15) is 0 Å². The Morgan fingerprint density at radius 1 is 0.187 bits per heavy atom. The lowest BCUT2D eigenvalue weighted by Crippen LogP contribution is -1.91. The van der Waals surface area contributed by atoms with Gasteiger partial charge in [-0.15, -0.1) is 0 Å². The number of fused-ring (bicyclic) bond motifs is 15. The molecule has 0 aliphatic carbocycles. The zero-order valence-electron chi connectivity index (χ0n) is 40.3. The first-order chi connectivity index (χ1) is 37.2. The molecule has 0 spiro atoms. The molecule has 0 amide bonds. The summed E-state index contributed by atoms with van der Waals surface area (Å²) in [4.78, 5) is 0. The van der Waals surface area contributed by atoms with Gasteiger partial charge in [0, 0.05) is 43.4 Å². The van der Waals surface area contributed by atoms with Gasteiger partial charge in [-0.1, -0.05) is 182 Å². The summed E-state index contributed by atoms with van der Waals surface area (Å²) in [5, 5.41) is 21.0. The maximum Gasteiger partial charge on any atom is 0.143 e. The summed E-state index contributed by atoms with van der Waals surface area (Å²) in [7, 11) is 0. The van der Waals surface area contributed by atoms with Gasteiger partial charge in [-0.3, -0.25) is 0 Å². The van der Waals surface area contributed by atoms with Crippen molar-refractivity contribution < 1.29 is 13.3 Å². The van der Waals surface area contributed by atoms with E-state index in [-0.39, 0.29) is 0 Å². The summed E-state index contributed by atoms with van der Waals surface area (Å²) >= 11 is 0. The summed E-state index contributed by atoms with van der Waals surface area (Å²) in [5.41, 5.74) is 14.7. The van der Waals surface area contributed by atoms with Crippen molar-refractivity contribution in [2.45, 2.75) is 0 Å². The summed E-state index contributed by atoms with van der Waals surface area (Å²) in [5.74, 6) is 0. The van der Waals surface area contributed by atoms with Gasteiger partial charge >= 0.3 is 0 Å². The van der Waals surface area contributed by atoms with Crippen LogP contribution in [-0.2, 0) is 0 Å². The molecule has 0 unspecified atom stereocenters. The lowest BCUT2D eigenvalue weighted by molar-refractivity contribution is 0.669.